The zero-order chi connectivity index (χ0) is 18.9. The number of halogens is 3. The summed E-state index contributed by atoms with van der Waals surface area (Å²) < 4.78 is 38.8. The van der Waals surface area contributed by atoms with Crippen molar-refractivity contribution in [3.05, 3.63) is 41.1 Å². The van der Waals surface area contributed by atoms with E-state index in [1.807, 2.05) is 6.07 Å². The van der Waals surface area contributed by atoms with E-state index in [0.717, 1.165) is 0 Å². The number of nitriles is 1. The van der Waals surface area contributed by atoms with Crippen molar-refractivity contribution < 1.29 is 18.0 Å². The maximum absolute atomic E-state index is 12.9. The normalized spacial score (nSPS) is 26.7. The van der Waals surface area contributed by atoms with Crippen molar-refractivity contribution in [1.29, 1.82) is 5.26 Å². The molecule has 1 aromatic rings. The molecule has 0 bridgehead atoms. The molecule has 1 atom stereocenters. The van der Waals surface area contributed by atoms with Crippen molar-refractivity contribution in [3.63, 3.8) is 0 Å². The fourth-order valence-corrected chi connectivity index (χ4v) is 3.76. The first kappa shape index (κ1) is 18.3. The summed E-state index contributed by atoms with van der Waals surface area (Å²) in [5.41, 5.74) is 2.32. The molecule has 1 amide bonds. The molecule has 1 aliphatic carbocycles. The molecule has 2 N–H and O–H groups in total. The topological polar surface area (TPSA) is 64.9 Å². The second-order valence-electron chi connectivity index (χ2n) is 6.91. The number of carbonyl (C=O) groups is 1. The lowest BCUT2D eigenvalue weighted by Gasteiger charge is -2.36. The highest BCUT2D eigenvalue weighted by Crippen LogP contribution is 2.42. The van der Waals surface area contributed by atoms with Gasteiger partial charge in [-0.1, -0.05) is 12.1 Å². The Kier molecular flexibility index (Phi) is 4.94. The second-order valence-corrected chi connectivity index (χ2v) is 6.91. The van der Waals surface area contributed by atoms with E-state index < -0.39 is 12.1 Å². The van der Waals surface area contributed by atoms with Crippen LogP contribution in [0.25, 0.3) is 5.57 Å². The van der Waals surface area contributed by atoms with E-state index in [4.69, 9.17) is 5.26 Å². The van der Waals surface area contributed by atoms with E-state index in [1.54, 1.807) is 31.2 Å². The van der Waals surface area contributed by atoms with E-state index in [0.29, 0.717) is 35.2 Å². The molecule has 0 saturated heterocycles. The third-order valence-electron chi connectivity index (χ3n) is 5.12. The Morgan fingerprint density at radius 3 is 2.23 bits per heavy atom. The standard InChI is InChI=1S/C19H20F3N3O/c1-11-24-17(14-6-8-15(9-7-14)19(20,21)22)16(18(26)25-11)13-4-2-12(10-23)3-5-13/h2-5,11,14-15,24H,6-9H2,1H3,(H,25,26). The van der Waals surface area contributed by atoms with Gasteiger partial charge < -0.3 is 10.6 Å². The lowest BCUT2D eigenvalue weighted by molar-refractivity contribution is -0.183. The Morgan fingerprint density at radius 1 is 1.08 bits per heavy atom. The highest BCUT2D eigenvalue weighted by Gasteiger charge is 2.43. The number of rotatable bonds is 2. The van der Waals surface area contributed by atoms with Crippen LogP contribution in [0.15, 0.2) is 30.0 Å². The van der Waals surface area contributed by atoms with Gasteiger partial charge in [-0.3, -0.25) is 4.79 Å². The average Bonchev–Trinajstić information content (AvgIpc) is 2.61. The van der Waals surface area contributed by atoms with Crippen LogP contribution >= 0.6 is 0 Å². The average molecular weight is 363 g/mol. The predicted octanol–water partition coefficient (Wildman–Crippen LogP) is 3.70. The fraction of sp³-hybridized carbons (Fsp3) is 0.474. The van der Waals surface area contributed by atoms with Crippen LogP contribution in [0.1, 0.15) is 43.7 Å². The van der Waals surface area contributed by atoms with Crippen molar-refractivity contribution in [2.45, 2.75) is 44.9 Å². The molecule has 4 nitrogen and oxygen atoms in total. The number of alkyl halides is 3. The first-order valence-electron chi connectivity index (χ1n) is 8.68. The van der Waals surface area contributed by atoms with E-state index in [2.05, 4.69) is 10.6 Å². The number of benzene rings is 1. The molecule has 0 spiro atoms. The fourth-order valence-electron chi connectivity index (χ4n) is 3.76. The molecule has 1 unspecified atom stereocenters. The lowest BCUT2D eigenvalue weighted by Crippen LogP contribution is -2.50. The van der Waals surface area contributed by atoms with Gasteiger partial charge in [0.05, 0.1) is 29.3 Å². The Labute approximate surface area is 150 Å². The number of carbonyl (C=O) groups excluding carboxylic acids is 1. The van der Waals surface area contributed by atoms with Crippen molar-refractivity contribution >= 4 is 11.5 Å². The summed E-state index contributed by atoms with van der Waals surface area (Å²) in [5, 5.41) is 15.0. The molecule has 1 aromatic carbocycles. The number of nitrogens with zero attached hydrogens (tertiary/aromatic N) is 1. The van der Waals surface area contributed by atoms with Gasteiger partial charge in [0, 0.05) is 5.70 Å². The minimum absolute atomic E-state index is 0.0794. The molecule has 0 radical (unpaired) electrons. The first-order valence-corrected chi connectivity index (χ1v) is 8.68. The smallest absolute Gasteiger partial charge is 0.368 e. The molecular formula is C19H20F3N3O. The second kappa shape index (κ2) is 7.02. The Balaban J connectivity index is 1.91. The number of amides is 1. The van der Waals surface area contributed by atoms with Crippen molar-refractivity contribution in [2.75, 3.05) is 0 Å². The van der Waals surface area contributed by atoms with Crippen LogP contribution in [0.2, 0.25) is 0 Å². The summed E-state index contributed by atoms with van der Waals surface area (Å²) >= 11 is 0. The molecule has 1 aliphatic heterocycles. The van der Waals surface area contributed by atoms with Crippen LogP contribution in [0.5, 0.6) is 0 Å². The van der Waals surface area contributed by atoms with Gasteiger partial charge in [-0.15, -0.1) is 0 Å². The summed E-state index contributed by atoms with van der Waals surface area (Å²) in [4.78, 5) is 12.6. The van der Waals surface area contributed by atoms with Crippen LogP contribution in [0.3, 0.4) is 0 Å². The summed E-state index contributed by atoms with van der Waals surface area (Å²) in [5.74, 6) is -1.60. The molecule has 1 fully saturated rings. The SMILES string of the molecule is CC1NC(=O)C(c2ccc(C#N)cc2)=C(C2CCC(C(F)(F)F)CC2)N1. The Bertz CT molecular complexity index is 754. The first-order chi connectivity index (χ1) is 12.3. The van der Waals surface area contributed by atoms with Crippen LogP contribution in [-0.4, -0.2) is 18.2 Å². The molecule has 3 rings (SSSR count). The van der Waals surface area contributed by atoms with E-state index in [-0.39, 0.29) is 30.8 Å². The van der Waals surface area contributed by atoms with Crippen molar-refractivity contribution in [1.82, 2.24) is 10.6 Å². The molecule has 2 aliphatic rings. The molecule has 1 heterocycles. The van der Waals surface area contributed by atoms with Gasteiger partial charge in [0.1, 0.15) is 0 Å². The number of hydrogen-bond acceptors (Lipinski definition) is 3. The lowest BCUT2D eigenvalue weighted by atomic mass is 9.78. The van der Waals surface area contributed by atoms with Gasteiger partial charge in [-0.25, -0.2) is 0 Å². The maximum atomic E-state index is 12.9. The summed E-state index contributed by atoms with van der Waals surface area (Å²) in [7, 11) is 0. The van der Waals surface area contributed by atoms with Gasteiger partial charge in [-0.05, 0) is 56.2 Å². The van der Waals surface area contributed by atoms with Crippen LogP contribution in [-0.2, 0) is 4.79 Å². The Morgan fingerprint density at radius 2 is 1.69 bits per heavy atom. The van der Waals surface area contributed by atoms with Crippen LogP contribution in [0.4, 0.5) is 13.2 Å². The monoisotopic (exact) mass is 363 g/mol. The van der Waals surface area contributed by atoms with Crippen LogP contribution < -0.4 is 10.6 Å². The van der Waals surface area contributed by atoms with Crippen molar-refractivity contribution in [3.8, 4) is 6.07 Å². The molecule has 1 saturated carbocycles. The Hall–Kier alpha value is -2.49. The zero-order valence-corrected chi connectivity index (χ0v) is 14.4. The highest BCUT2D eigenvalue weighted by atomic mass is 19.4. The maximum Gasteiger partial charge on any atom is 0.391 e. The van der Waals surface area contributed by atoms with Gasteiger partial charge in [-0.2, -0.15) is 18.4 Å². The molecule has 0 aromatic heterocycles. The number of hydrogen-bond donors (Lipinski definition) is 2. The molecule has 138 valence electrons. The largest absolute Gasteiger partial charge is 0.391 e. The van der Waals surface area contributed by atoms with Crippen LogP contribution in [0, 0.1) is 23.2 Å². The van der Waals surface area contributed by atoms with Gasteiger partial charge >= 0.3 is 6.18 Å². The minimum atomic E-state index is -4.15. The number of nitrogens with one attached hydrogen (secondary N) is 2. The van der Waals surface area contributed by atoms with E-state index in [1.165, 1.54) is 0 Å². The summed E-state index contributed by atoms with van der Waals surface area (Å²) in [6, 6.07) is 8.69. The summed E-state index contributed by atoms with van der Waals surface area (Å²) in [6.07, 6.45) is -3.48. The molecule has 26 heavy (non-hydrogen) atoms. The third-order valence-corrected chi connectivity index (χ3v) is 5.12. The molecule has 7 heteroatoms. The zero-order valence-electron chi connectivity index (χ0n) is 14.4. The summed E-state index contributed by atoms with van der Waals surface area (Å²) in [6.45, 7) is 1.80. The minimum Gasteiger partial charge on any atom is -0.368 e. The number of allylic oxidation sites excluding steroid dienone is 1. The highest BCUT2D eigenvalue weighted by molar-refractivity contribution is 6.21. The van der Waals surface area contributed by atoms with Gasteiger partial charge in [0.15, 0.2) is 0 Å². The van der Waals surface area contributed by atoms with Gasteiger partial charge in [0.25, 0.3) is 5.91 Å². The predicted molar refractivity (Wildman–Crippen MR) is 90.3 cm³/mol. The van der Waals surface area contributed by atoms with Gasteiger partial charge in [0.2, 0.25) is 0 Å². The molecular weight excluding hydrogens is 343 g/mol. The van der Waals surface area contributed by atoms with E-state index in [9.17, 15) is 18.0 Å². The van der Waals surface area contributed by atoms with Crippen molar-refractivity contribution in [2.24, 2.45) is 11.8 Å². The third kappa shape index (κ3) is 3.69. The quantitative estimate of drug-likeness (QED) is 0.842. The van der Waals surface area contributed by atoms with E-state index >= 15 is 0 Å².